The van der Waals surface area contributed by atoms with E-state index in [-0.39, 0.29) is 6.42 Å². The van der Waals surface area contributed by atoms with Crippen molar-refractivity contribution in [2.45, 2.75) is 30.0 Å². The fraction of sp³-hybridized carbons (Fsp3) is 0.455. The normalized spacial score (nSPS) is 13.7. The van der Waals surface area contributed by atoms with Crippen LogP contribution in [0.15, 0.2) is 29.2 Å². The number of hydrogen-bond acceptors (Lipinski definition) is 2. The molecule has 96 valence electrons. The van der Waals surface area contributed by atoms with Gasteiger partial charge >= 0.3 is 6.18 Å². The predicted molar refractivity (Wildman–Crippen MR) is 65.4 cm³/mol. The summed E-state index contributed by atoms with van der Waals surface area (Å²) in [5.41, 5.74) is 5.61. The van der Waals surface area contributed by atoms with Gasteiger partial charge in [-0.2, -0.15) is 13.2 Å². The molecule has 1 aromatic carbocycles. The van der Waals surface area contributed by atoms with E-state index in [4.69, 9.17) is 17.3 Å². The lowest BCUT2D eigenvalue weighted by atomic mass is 10.2. The predicted octanol–water partition coefficient (Wildman–Crippen LogP) is 4.10. The van der Waals surface area contributed by atoms with Crippen LogP contribution in [0.1, 0.15) is 12.8 Å². The van der Waals surface area contributed by atoms with Gasteiger partial charge in [0.2, 0.25) is 0 Å². The van der Waals surface area contributed by atoms with E-state index >= 15 is 0 Å². The van der Waals surface area contributed by atoms with Gasteiger partial charge in [-0.15, -0.1) is 11.8 Å². The molecule has 0 saturated carbocycles. The first-order valence-electron chi connectivity index (χ1n) is 5.07. The van der Waals surface area contributed by atoms with E-state index < -0.39 is 18.6 Å². The average molecular weight is 284 g/mol. The zero-order chi connectivity index (χ0) is 12.9. The Kier molecular flexibility index (Phi) is 5.62. The topological polar surface area (TPSA) is 26.0 Å². The largest absolute Gasteiger partial charge is 0.389 e. The Morgan fingerprint density at radius 1 is 1.35 bits per heavy atom. The van der Waals surface area contributed by atoms with E-state index in [1.54, 1.807) is 18.2 Å². The van der Waals surface area contributed by atoms with Crippen molar-refractivity contribution >= 4 is 23.4 Å². The van der Waals surface area contributed by atoms with Crippen molar-refractivity contribution < 1.29 is 13.2 Å². The van der Waals surface area contributed by atoms with Crippen molar-refractivity contribution in [3.8, 4) is 0 Å². The number of nitrogens with two attached hydrogens (primary N) is 1. The second kappa shape index (κ2) is 6.52. The summed E-state index contributed by atoms with van der Waals surface area (Å²) in [6.45, 7) is 0. The molecule has 0 aliphatic heterocycles. The van der Waals surface area contributed by atoms with E-state index in [1.165, 1.54) is 11.8 Å². The zero-order valence-electron chi connectivity index (χ0n) is 9.01. The molecule has 0 radical (unpaired) electrons. The highest BCUT2D eigenvalue weighted by atomic mass is 35.5. The number of thioether (sulfide) groups is 1. The van der Waals surface area contributed by atoms with Gasteiger partial charge in [0, 0.05) is 28.1 Å². The Hall–Kier alpha value is -0.390. The molecule has 17 heavy (non-hydrogen) atoms. The highest BCUT2D eigenvalue weighted by Gasteiger charge is 2.27. The Labute approximate surface area is 108 Å². The third kappa shape index (κ3) is 6.81. The maximum atomic E-state index is 12.0. The molecular weight excluding hydrogens is 271 g/mol. The van der Waals surface area contributed by atoms with Crippen LogP contribution in [0.5, 0.6) is 0 Å². The summed E-state index contributed by atoms with van der Waals surface area (Å²) in [4.78, 5) is 0.917. The van der Waals surface area contributed by atoms with Crippen LogP contribution < -0.4 is 5.73 Å². The fourth-order valence-electron chi connectivity index (χ4n) is 1.19. The van der Waals surface area contributed by atoms with Crippen molar-refractivity contribution in [1.29, 1.82) is 0 Å². The summed E-state index contributed by atoms with van der Waals surface area (Å²) in [6.07, 6.45) is -5.00. The summed E-state index contributed by atoms with van der Waals surface area (Å²) in [5.74, 6) is 0.455. The molecule has 0 spiro atoms. The zero-order valence-corrected chi connectivity index (χ0v) is 10.6. The molecule has 1 rings (SSSR count). The summed E-state index contributed by atoms with van der Waals surface area (Å²) in [6, 6.07) is 6.71. The van der Waals surface area contributed by atoms with E-state index in [2.05, 4.69) is 0 Å². The summed E-state index contributed by atoms with van der Waals surface area (Å²) in [5, 5.41) is 0.610. The smallest absolute Gasteiger partial charge is 0.327 e. The fourth-order valence-corrected chi connectivity index (χ4v) is 2.41. The molecule has 2 N–H and O–H groups in total. The van der Waals surface area contributed by atoms with Crippen LogP contribution in [0, 0.1) is 0 Å². The molecule has 0 fully saturated rings. The molecule has 1 nitrogen and oxygen atoms in total. The molecule has 0 amide bonds. The monoisotopic (exact) mass is 283 g/mol. The van der Waals surface area contributed by atoms with Crippen LogP contribution in [0.25, 0.3) is 0 Å². The van der Waals surface area contributed by atoms with Gasteiger partial charge in [0.25, 0.3) is 0 Å². The molecule has 1 unspecified atom stereocenters. The van der Waals surface area contributed by atoms with Crippen LogP contribution in [-0.2, 0) is 0 Å². The number of hydrogen-bond donors (Lipinski definition) is 1. The van der Waals surface area contributed by atoms with Gasteiger partial charge in [-0.25, -0.2) is 0 Å². The van der Waals surface area contributed by atoms with Crippen LogP contribution in [0.4, 0.5) is 13.2 Å². The van der Waals surface area contributed by atoms with Crippen molar-refractivity contribution in [2.24, 2.45) is 5.73 Å². The van der Waals surface area contributed by atoms with Crippen LogP contribution in [0.3, 0.4) is 0 Å². The molecule has 0 aromatic heterocycles. The maximum absolute atomic E-state index is 12.0. The van der Waals surface area contributed by atoms with Crippen molar-refractivity contribution in [1.82, 2.24) is 0 Å². The number of rotatable bonds is 5. The van der Waals surface area contributed by atoms with Crippen molar-refractivity contribution in [3.63, 3.8) is 0 Å². The lowest BCUT2D eigenvalue weighted by Gasteiger charge is -2.12. The van der Waals surface area contributed by atoms with Crippen LogP contribution in [0.2, 0.25) is 5.02 Å². The van der Waals surface area contributed by atoms with Crippen LogP contribution in [-0.4, -0.2) is 18.0 Å². The third-order valence-corrected chi connectivity index (χ3v) is 3.48. The first-order valence-corrected chi connectivity index (χ1v) is 6.44. The molecule has 6 heteroatoms. The molecule has 0 aliphatic carbocycles. The van der Waals surface area contributed by atoms with Gasteiger partial charge in [-0.3, -0.25) is 0 Å². The Balaban J connectivity index is 2.31. The van der Waals surface area contributed by atoms with E-state index in [0.717, 1.165) is 4.90 Å². The highest BCUT2D eigenvalue weighted by molar-refractivity contribution is 7.99. The number of halogens is 4. The Morgan fingerprint density at radius 2 is 2.06 bits per heavy atom. The molecule has 1 aromatic rings. The average Bonchev–Trinajstić information content (AvgIpc) is 2.23. The van der Waals surface area contributed by atoms with Gasteiger partial charge in [-0.1, -0.05) is 17.7 Å². The van der Waals surface area contributed by atoms with Gasteiger partial charge in [-0.05, 0) is 24.6 Å². The molecule has 0 heterocycles. The quantitative estimate of drug-likeness (QED) is 0.823. The lowest BCUT2D eigenvalue weighted by molar-refractivity contribution is -0.136. The summed E-state index contributed by atoms with van der Waals surface area (Å²) >= 11 is 7.20. The second-order valence-electron chi connectivity index (χ2n) is 3.68. The molecule has 0 saturated heterocycles. The molecule has 1 atom stereocenters. The first-order chi connectivity index (χ1) is 7.87. The maximum Gasteiger partial charge on any atom is 0.389 e. The van der Waals surface area contributed by atoms with E-state index in [9.17, 15) is 13.2 Å². The minimum atomic E-state index is -4.13. The van der Waals surface area contributed by atoms with E-state index in [1.807, 2.05) is 6.07 Å². The van der Waals surface area contributed by atoms with Gasteiger partial charge < -0.3 is 5.73 Å². The van der Waals surface area contributed by atoms with Crippen molar-refractivity contribution in [2.75, 3.05) is 5.75 Å². The Bertz CT molecular complexity index is 357. The minimum absolute atomic E-state index is 0.0446. The molecular formula is C11H13ClF3NS. The van der Waals surface area contributed by atoms with Crippen molar-refractivity contribution in [3.05, 3.63) is 29.3 Å². The minimum Gasteiger partial charge on any atom is -0.327 e. The summed E-state index contributed by atoms with van der Waals surface area (Å²) < 4.78 is 35.9. The van der Waals surface area contributed by atoms with Gasteiger partial charge in [0.15, 0.2) is 0 Å². The second-order valence-corrected chi connectivity index (χ2v) is 5.21. The van der Waals surface area contributed by atoms with Gasteiger partial charge in [0.05, 0.1) is 0 Å². The standard InChI is InChI=1S/C11H13ClF3NS/c12-8-2-1-3-10(6-8)17-7-9(16)4-5-11(13,14)15/h1-3,6,9H,4-5,7,16H2. The number of alkyl halides is 3. The van der Waals surface area contributed by atoms with Gasteiger partial charge in [0.1, 0.15) is 0 Å². The number of benzene rings is 1. The SMILES string of the molecule is NC(CCC(F)(F)F)CSc1cccc(Cl)c1. The highest BCUT2D eigenvalue weighted by Crippen LogP contribution is 2.25. The summed E-state index contributed by atoms with van der Waals surface area (Å²) in [7, 11) is 0. The Morgan fingerprint density at radius 3 is 2.65 bits per heavy atom. The third-order valence-electron chi connectivity index (χ3n) is 2.06. The van der Waals surface area contributed by atoms with E-state index in [0.29, 0.717) is 10.8 Å². The first kappa shape index (κ1) is 14.7. The molecule has 0 bridgehead atoms. The lowest BCUT2D eigenvalue weighted by Crippen LogP contribution is -2.25. The molecule has 0 aliphatic rings. The van der Waals surface area contributed by atoms with Crippen LogP contribution >= 0.6 is 23.4 Å².